The molecule has 1 aliphatic carbocycles. The van der Waals surface area contributed by atoms with Gasteiger partial charge in [0.2, 0.25) is 0 Å². The van der Waals surface area contributed by atoms with Crippen molar-refractivity contribution in [1.82, 2.24) is 0 Å². The zero-order chi connectivity index (χ0) is 11.5. The maximum Gasteiger partial charge on any atom is 0.0992 e. The van der Waals surface area contributed by atoms with Crippen molar-refractivity contribution in [3.63, 3.8) is 0 Å². The molecule has 1 N–H and O–H groups in total. The Morgan fingerprint density at radius 1 is 1.56 bits per heavy atom. The molecule has 1 aromatic carbocycles. The molecule has 0 radical (unpaired) electrons. The SMILES string of the molecule is CCC(Nc1cc(C#N)ccc1Cl)C1CC1. The second-order valence-corrected chi connectivity index (χ2v) is 4.71. The second-order valence-electron chi connectivity index (χ2n) is 4.30. The average molecular weight is 235 g/mol. The first-order valence-electron chi connectivity index (χ1n) is 5.70. The number of hydrogen-bond acceptors (Lipinski definition) is 2. The number of nitrogens with zero attached hydrogens (tertiary/aromatic N) is 1. The molecule has 1 saturated carbocycles. The molecule has 0 spiro atoms. The van der Waals surface area contributed by atoms with E-state index in [0.29, 0.717) is 16.6 Å². The second kappa shape index (κ2) is 4.76. The predicted octanol–water partition coefficient (Wildman–Crippen LogP) is 3.81. The van der Waals surface area contributed by atoms with Crippen LogP contribution in [0.15, 0.2) is 18.2 Å². The molecule has 0 aliphatic heterocycles. The molecular formula is C13H15ClN2. The number of anilines is 1. The lowest BCUT2D eigenvalue weighted by molar-refractivity contribution is 0.616. The van der Waals surface area contributed by atoms with E-state index in [2.05, 4.69) is 18.3 Å². The van der Waals surface area contributed by atoms with Gasteiger partial charge >= 0.3 is 0 Å². The number of halogens is 1. The monoisotopic (exact) mass is 234 g/mol. The van der Waals surface area contributed by atoms with Crippen LogP contribution in [0, 0.1) is 17.2 Å². The van der Waals surface area contributed by atoms with Gasteiger partial charge in [-0.15, -0.1) is 0 Å². The molecular weight excluding hydrogens is 220 g/mol. The van der Waals surface area contributed by atoms with Gasteiger partial charge in [0.15, 0.2) is 0 Å². The Hall–Kier alpha value is -1.20. The minimum absolute atomic E-state index is 0.492. The molecule has 1 atom stereocenters. The Bertz CT molecular complexity index is 418. The van der Waals surface area contributed by atoms with E-state index < -0.39 is 0 Å². The van der Waals surface area contributed by atoms with Crippen LogP contribution in [0.2, 0.25) is 5.02 Å². The largest absolute Gasteiger partial charge is 0.381 e. The lowest BCUT2D eigenvalue weighted by Gasteiger charge is -2.18. The molecule has 1 aromatic rings. The summed E-state index contributed by atoms with van der Waals surface area (Å²) >= 11 is 6.11. The van der Waals surface area contributed by atoms with E-state index in [9.17, 15) is 0 Å². The van der Waals surface area contributed by atoms with Gasteiger partial charge in [0.25, 0.3) is 0 Å². The normalized spacial score (nSPS) is 16.6. The summed E-state index contributed by atoms with van der Waals surface area (Å²) in [5, 5.41) is 13.0. The van der Waals surface area contributed by atoms with Crippen molar-refractivity contribution in [2.75, 3.05) is 5.32 Å². The fourth-order valence-corrected chi connectivity index (χ4v) is 2.13. The smallest absolute Gasteiger partial charge is 0.0992 e. The molecule has 1 fully saturated rings. The third-order valence-electron chi connectivity index (χ3n) is 3.07. The molecule has 0 heterocycles. The minimum atomic E-state index is 0.492. The van der Waals surface area contributed by atoms with Crippen molar-refractivity contribution < 1.29 is 0 Å². The molecule has 0 amide bonds. The average Bonchev–Trinajstić information content (AvgIpc) is 3.12. The Balaban J connectivity index is 2.15. The zero-order valence-corrected chi connectivity index (χ0v) is 10.1. The highest BCUT2D eigenvalue weighted by atomic mass is 35.5. The fourth-order valence-electron chi connectivity index (χ4n) is 1.96. The van der Waals surface area contributed by atoms with E-state index in [1.165, 1.54) is 12.8 Å². The van der Waals surface area contributed by atoms with Crippen LogP contribution in [0.1, 0.15) is 31.7 Å². The predicted molar refractivity (Wildman–Crippen MR) is 66.6 cm³/mol. The van der Waals surface area contributed by atoms with E-state index in [4.69, 9.17) is 16.9 Å². The first-order valence-corrected chi connectivity index (χ1v) is 6.08. The molecule has 2 rings (SSSR count). The van der Waals surface area contributed by atoms with Crippen molar-refractivity contribution in [2.24, 2.45) is 5.92 Å². The van der Waals surface area contributed by atoms with Crippen LogP contribution in [-0.2, 0) is 0 Å². The van der Waals surface area contributed by atoms with Gasteiger partial charge in [-0.05, 0) is 43.4 Å². The summed E-state index contributed by atoms with van der Waals surface area (Å²) in [4.78, 5) is 0. The van der Waals surface area contributed by atoms with Crippen LogP contribution in [-0.4, -0.2) is 6.04 Å². The van der Waals surface area contributed by atoms with Crippen LogP contribution in [0.25, 0.3) is 0 Å². The number of benzene rings is 1. The van der Waals surface area contributed by atoms with Crippen molar-refractivity contribution in [3.8, 4) is 6.07 Å². The number of hydrogen-bond donors (Lipinski definition) is 1. The first kappa shape index (κ1) is 11.3. The molecule has 1 unspecified atom stereocenters. The highest BCUT2D eigenvalue weighted by molar-refractivity contribution is 6.33. The van der Waals surface area contributed by atoms with Gasteiger partial charge in [-0.3, -0.25) is 0 Å². The highest BCUT2D eigenvalue weighted by Crippen LogP contribution is 2.36. The quantitative estimate of drug-likeness (QED) is 0.860. The van der Waals surface area contributed by atoms with Crippen LogP contribution in [0.4, 0.5) is 5.69 Å². The Morgan fingerprint density at radius 3 is 2.88 bits per heavy atom. The van der Waals surface area contributed by atoms with Crippen LogP contribution >= 0.6 is 11.6 Å². The summed E-state index contributed by atoms with van der Waals surface area (Å²) in [6.07, 6.45) is 3.71. The summed E-state index contributed by atoms with van der Waals surface area (Å²) in [6.45, 7) is 2.18. The minimum Gasteiger partial charge on any atom is -0.381 e. The molecule has 0 aromatic heterocycles. The Labute approximate surface area is 101 Å². The summed E-state index contributed by atoms with van der Waals surface area (Å²) in [7, 11) is 0. The maximum atomic E-state index is 8.84. The molecule has 3 heteroatoms. The zero-order valence-electron chi connectivity index (χ0n) is 9.33. The van der Waals surface area contributed by atoms with Crippen LogP contribution in [0.3, 0.4) is 0 Å². The van der Waals surface area contributed by atoms with E-state index >= 15 is 0 Å². The highest BCUT2D eigenvalue weighted by Gasteiger charge is 2.30. The van der Waals surface area contributed by atoms with Crippen LogP contribution < -0.4 is 5.32 Å². The van der Waals surface area contributed by atoms with Crippen molar-refractivity contribution in [3.05, 3.63) is 28.8 Å². The molecule has 16 heavy (non-hydrogen) atoms. The van der Waals surface area contributed by atoms with Gasteiger partial charge in [0.05, 0.1) is 22.3 Å². The lowest BCUT2D eigenvalue weighted by atomic mass is 10.1. The maximum absolute atomic E-state index is 8.84. The van der Waals surface area contributed by atoms with Crippen molar-refractivity contribution in [2.45, 2.75) is 32.2 Å². The number of rotatable bonds is 4. The van der Waals surface area contributed by atoms with E-state index in [1.807, 2.05) is 6.07 Å². The topological polar surface area (TPSA) is 35.8 Å². The van der Waals surface area contributed by atoms with E-state index in [1.54, 1.807) is 12.1 Å². The Kier molecular flexibility index (Phi) is 3.36. The molecule has 1 aliphatic rings. The first-order chi connectivity index (χ1) is 7.74. The summed E-state index contributed by atoms with van der Waals surface area (Å²) in [6, 6.07) is 7.97. The van der Waals surface area contributed by atoms with Gasteiger partial charge in [-0.2, -0.15) is 5.26 Å². The van der Waals surface area contributed by atoms with Gasteiger partial charge in [0, 0.05) is 6.04 Å². The van der Waals surface area contributed by atoms with Crippen molar-refractivity contribution in [1.29, 1.82) is 5.26 Å². The molecule has 84 valence electrons. The number of nitriles is 1. The third kappa shape index (κ3) is 2.48. The molecule has 2 nitrogen and oxygen atoms in total. The van der Waals surface area contributed by atoms with Crippen LogP contribution in [0.5, 0.6) is 0 Å². The summed E-state index contributed by atoms with van der Waals surface area (Å²) < 4.78 is 0. The van der Waals surface area contributed by atoms with Gasteiger partial charge in [0.1, 0.15) is 0 Å². The third-order valence-corrected chi connectivity index (χ3v) is 3.40. The van der Waals surface area contributed by atoms with Gasteiger partial charge in [-0.25, -0.2) is 0 Å². The number of nitrogens with one attached hydrogen (secondary N) is 1. The Morgan fingerprint density at radius 2 is 2.31 bits per heavy atom. The summed E-state index contributed by atoms with van der Waals surface area (Å²) in [5.74, 6) is 0.784. The van der Waals surface area contributed by atoms with E-state index in [0.717, 1.165) is 18.0 Å². The van der Waals surface area contributed by atoms with Crippen molar-refractivity contribution >= 4 is 17.3 Å². The van der Waals surface area contributed by atoms with Gasteiger partial charge < -0.3 is 5.32 Å². The summed E-state index contributed by atoms with van der Waals surface area (Å²) in [5.41, 5.74) is 1.54. The molecule has 0 bridgehead atoms. The standard InChI is InChI=1S/C13H15ClN2/c1-2-12(10-4-5-10)16-13-7-9(8-15)3-6-11(13)14/h3,6-7,10,12,16H,2,4-5H2,1H3. The fraction of sp³-hybridized carbons (Fsp3) is 0.462. The molecule has 0 saturated heterocycles. The lowest BCUT2D eigenvalue weighted by Crippen LogP contribution is -2.20. The van der Waals surface area contributed by atoms with Gasteiger partial charge in [-0.1, -0.05) is 18.5 Å². The van der Waals surface area contributed by atoms with E-state index in [-0.39, 0.29) is 0 Å².